The van der Waals surface area contributed by atoms with Gasteiger partial charge in [0, 0.05) is 37.0 Å². The van der Waals surface area contributed by atoms with E-state index < -0.39 is 0 Å². The molecule has 17 heavy (non-hydrogen) atoms. The van der Waals surface area contributed by atoms with Gasteiger partial charge in [-0.3, -0.25) is 9.59 Å². The van der Waals surface area contributed by atoms with Crippen LogP contribution in [0.2, 0.25) is 0 Å². The van der Waals surface area contributed by atoms with Crippen molar-refractivity contribution in [3.63, 3.8) is 0 Å². The van der Waals surface area contributed by atoms with Crippen molar-refractivity contribution in [2.75, 3.05) is 19.6 Å². The second kappa shape index (κ2) is 5.29. The number of nitrogens with zero attached hydrogens (tertiary/aromatic N) is 1. The summed E-state index contributed by atoms with van der Waals surface area (Å²) in [5.41, 5.74) is 0.627. The molecule has 0 saturated carbocycles. The predicted molar refractivity (Wildman–Crippen MR) is 63.9 cm³/mol. The van der Waals surface area contributed by atoms with Crippen molar-refractivity contribution in [1.82, 2.24) is 10.2 Å². The number of amides is 2. The van der Waals surface area contributed by atoms with Crippen LogP contribution in [0, 0.1) is 0 Å². The fourth-order valence-corrected chi connectivity index (χ4v) is 2.23. The third-order valence-corrected chi connectivity index (χ3v) is 3.31. The smallest absolute Gasteiger partial charge is 0.252 e. The molecule has 2 rings (SSSR count). The standard InChI is InChI=1S/C11H14N2O3S/c14-9-5-13(6-9)10(15)1-3-12-11(16)8-2-4-17-7-8/h2,4,7,9,14H,1,3,5-6H2,(H,12,16). The summed E-state index contributed by atoms with van der Waals surface area (Å²) >= 11 is 1.46. The second-order valence-corrected chi connectivity index (χ2v) is 4.75. The van der Waals surface area contributed by atoms with E-state index in [1.54, 1.807) is 16.3 Å². The van der Waals surface area contributed by atoms with Gasteiger partial charge in [0.2, 0.25) is 5.91 Å². The lowest BCUT2D eigenvalue weighted by Crippen LogP contribution is -2.53. The van der Waals surface area contributed by atoms with Crippen LogP contribution in [-0.2, 0) is 4.79 Å². The Morgan fingerprint density at radius 2 is 2.29 bits per heavy atom. The number of aliphatic hydroxyl groups is 1. The monoisotopic (exact) mass is 254 g/mol. The van der Waals surface area contributed by atoms with E-state index in [2.05, 4.69) is 5.32 Å². The quantitative estimate of drug-likeness (QED) is 0.799. The minimum Gasteiger partial charge on any atom is -0.389 e. The molecule has 1 aliphatic rings. The summed E-state index contributed by atoms with van der Waals surface area (Å²) in [6.45, 7) is 1.16. The Bertz CT molecular complexity index is 399. The highest BCUT2D eigenvalue weighted by molar-refractivity contribution is 7.08. The van der Waals surface area contributed by atoms with Gasteiger partial charge in [0.25, 0.3) is 5.91 Å². The van der Waals surface area contributed by atoms with E-state index in [9.17, 15) is 9.59 Å². The van der Waals surface area contributed by atoms with E-state index in [1.165, 1.54) is 11.3 Å². The van der Waals surface area contributed by atoms with Crippen molar-refractivity contribution in [3.8, 4) is 0 Å². The Hall–Kier alpha value is -1.40. The zero-order valence-corrected chi connectivity index (χ0v) is 10.1. The maximum Gasteiger partial charge on any atom is 0.252 e. The molecule has 1 fully saturated rings. The molecule has 0 atom stereocenters. The van der Waals surface area contributed by atoms with Gasteiger partial charge in [0.1, 0.15) is 0 Å². The van der Waals surface area contributed by atoms with Crippen LogP contribution < -0.4 is 5.32 Å². The number of nitrogens with one attached hydrogen (secondary N) is 1. The molecule has 0 unspecified atom stereocenters. The minimum absolute atomic E-state index is 0.0269. The summed E-state index contributed by atoms with van der Waals surface area (Å²) in [4.78, 5) is 24.6. The average Bonchev–Trinajstić information content (AvgIpc) is 2.77. The van der Waals surface area contributed by atoms with Crippen LogP contribution in [0.4, 0.5) is 0 Å². The molecule has 2 N–H and O–H groups in total. The van der Waals surface area contributed by atoms with Gasteiger partial charge in [-0.1, -0.05) is 0 Å². The number of thiophene rings is 1. The number of rotatable bonds is 4. The normalized spacial score (nSPS) is 15.5. The number of hydrogen-bond acceptors (Lipinski definition) is 4. The van der Waals surface area contributed by atoms with Crippen LogP contribution in [-0.4, -0.2) is 47.6 Å². The summed E-state index contributed by atoms with van der Waals surface area (Å²) in [7, 11) is 0. The van der Waals surface area contributed by atoms with Gasteiger partial charge in [0.15, 0.2) is 0 Å². The van der Waals surface area contributed by atoms with E-state index in [1.807, 2.05) is 5.38 Å². The van der Waals surface area contributed by atoms with Crippen LogP contribution in [0.1, 0.15) is 16.8 Å². The Morgan fingerprint density at radius 3 is 2.88 bits per heavy atom. The van der Waals surface area contributed by atoms with Gasteiger partial charge in [-0.05, 0) is 11.4 Å². The van der Waals surface area contributed by atoms with Crippen LogP contribution >= 0.6 is 11.3 Å². The van der Waals surface area contributed by atoms with Gasteiger partial charge in [-0.2, -0.15) is 11.3 Å². The number of aliphatic hydroxyl groups excluding tert-OH is 1. The fourth-order valence-electron chi connectivity index (χ4n) is 1.60. The Labute approximate surface area is 103 Å². The lowest BCUT2D eigenvalue weighted by atomic mass is 10.1. The molecule has 0 radical (unpaired) electrons. The molecule has 2 heterocycles. The minimum atomic E-state index is -0.376. The lowest BCUT2D eigenvalue weighted by molar-refractivity contribution is -0.141. The second-order valence-electron chi connectivity index (χ2n) is 3.97. The molecule has 1 aromatic rings. The highest BCUT2D eigenvalue weighted by Crippen LogP contribution is 2.09. The largest absolute Gasteiger partial charge is 0.389 e. The Kier molecular flexibility index (Phi) is 3.75. The summed E-state index contributed by atoms with van der Waals surface area (Å²) in [5.74, 6) is -0.177. The molecule has 5 nitrogen and oxygen atoms in total. The molecule has 0 bridgehead atoms. The van der Waals surface area contributed by atoms with Crippen LogP contribution in [0.3, 0.4) is 0 Å². The van der Waals surface area contributed by atoms with Crippen LogP contribution in [0.5, 0.6) is 0 Å². The van der Waals surface area contributed by atoms with Crippen molar-refractivity contribution in [3.05, 3.63) is 22.4 Å². The summed E-state index contributed by atoms with van der Waals surface area (Å²) in [5, 5.41) is 15.3. The lowest BCUT2D eigenvalue weighted by Gasteiger charge is -2.35. The first-order valence-corrected chi connectivity index (χ1v) is 6.37. The molecule has 0 aromatic carbocycles. The van der Waals surface area contributed by atoms with Crippen molar-refractivity contribution >= 4 is 23.2 Å². The van der Waals surface area contributed by atoms with Gasteiger partial charge >= 0.3 is 0 Å². The van der Waals surface area contributed by atoms with E-state index in [4.69, 9.17) is 5.11 Å². The van der Waals surface area contributed by atoms with Gasteiger partial charge in [-0.25, -0.2) is 0 Å². The molecule has 92 valence electrons. The maximum absolute atomic E-state index is 11.5. The molecule has 2 amide bonds. The zero-order chi connectivity index (χ0) is 12.3. The average molecular weight is 254 g/mol. The van der Waals surface area contributed by atoms with Crippen molar-refractivity contribution in [2.45, 2.75) is 12.5 Å². The van der Waals surface area contributed by atoms with Crippen molar-refractivity contribution in [1.29, 1.82) is 0 Å². The molecular formula is C11H14N2O3S. The molecule has 1 aliphatic heterocycles. The number of hydrogen-bond donors (Lipinski definition) is 2. The summed E-state index contributed by atoms with van der Waals surface area (Å²) < 4.78 is 0. The number of likely N-dealkylation sites (tertiary alicyclic amines) is 1. The molecular weight excluding hydrogens is 240 g/mol. The Morgan fingerprint density at radius 1 is 1.53 bits per heavy atom. The van der Waals surface area contributed by atoms with E-state index in [0.29, 0.717) is 25.2 Å². The van der Waals surface area contributed by atoms with E-state index in [-0.39, 0.29) is 24.3 Å². The molecule has 0 aliphatic carbocycles. The third-order valence-electron chi connectivity index (χ3n) is 2.62. The number of carbonyl (C=O) groups is 2. The van der Waals surface area contributed by atoms with Crippen LogP contribution in [0.15, 0.2) is 16.8 Å². The fraction of sp³-hybridized carbons (Fsp3) is 0.455. The van der Waals surface area contributed by atoms with Crippen molar-refractivity contribution in [2.24, 2.45) is 0 Å². The first-order valence-electron chi connectivity index (χ1n) is 5.43. The number of β-amino-alcohol motifs (C(OH)–C–C–N with tert-alkyl or cyclic N) is 1. The molecule has 1 saturated heterocycles. The van der Waals surface area contributed by atoms with E-state index in [0.717, 1.165) is 0 Å². The third kappa shape index (κ3) is 3.04. The first kappa shape index (κ1) is 12.1. The van der Waals surface area contributed by atoms with Crippen molar-refractivity contribution < 1.29 is 14.7 Å². The highest BCUT2D eigenvalue weighted by atomic mass is 32.1. The SMILES string of the molecule is O=C(NCCC(=O)N1CC(O)C1)c1ccsc1. The van der Waals surface area contributed by atoms with Crippen LogP contribution in [0.25, 0.3) is 0 Å². The molecule has 6 heteroatoms. The summed E-state index contributed by atoms with van der Waals surface area (Å²) in [6, 6.07) is 1.74. The van der Waals surface area contributed by atoms with E-state index >= 15 is 0 Å². The summed E-state index contributed by atoms with van der Waals surface area (Å²) in [6.07, 6.45) is -0.0952. The predicted octanol–water partition coefficient (Wildman–Crippen LogP) is 0.0711. The topological polar surface area (TPSA) is 69.6 Å². The number of carbonyl (C=O) groups excluding carboxylic acids is 2. The van der Waals surface area contributed by atoms with Gasteiger partial charge < -0.3 is 15.3 Å². The first-order chi connectivity index (χ1) is 8.16. The molecule has 0 spiro atoms. The highest BCUT2D eigenvalue weighted by Gasteiger charge is 2.28. The molecule has 1 aromatic heterocycles. The maximum atomic E-state index is 11.5. The van der Waals surface area contributed by atoms with Gasteiger partial charge in [0.05, 0.1) is 6.10 Å². The zero-order valence-electron chi connectivity index (χ0n) is 9.26. The van der Waals surface area contributed by atoms with Gasteiger partial charge in [-0.15, -0.1) is 0 Å². The Balaban J connectivity index is 1.66.